The van der Waals surface area contributed by atoms with Crippen LogP contribution in [0.4, 0.5) is 0 Å². The predicted molar refractivity (Wildman–Crippen MR) is 107 cm³/mol. The van der Waals surface area contributed by atoms with Gasteiger partial charge in [-0.15, -0.1) is 11.3 Å². The number of hydrogen-bond donors (Lipinski definition) is 2. The fourth-order valence-electron chi connectivity index (χ4n) is 2.52. The molecule has 25 heavy (non-hydrogen) atoms. The number of aliphatic imine (C=N–C) groups is 1. The largest absolute Gasteiger partial charge is 0.497 e. The maximum absolute atomic E-state index is 5.25. The molecule has 0 aliphatic rings. The van der Waals surface area contributed by atoms with Gasteiger partial charge in [-0.25, -0.2) is 4.99 Å². The molecule has 0 radical (unpaired) electrons. The van der Waals surface area contributed by atoms with E-state index in [9.17, 15) is 0 Å². The number of ether oxygens (including phenoxy) is 1. The third-order valence-electron chi connectivity index (χ3n) is 3.90. The van der Waals surface area contributed by atoms with Crippen molar-refractivity contribution < 1.29 is 4.74 Å². The lowest BCUT2D eigenvalue weighted by Gasteiger charge is -2.26. The third-order valence-corrected chi connectivity index (χ3v) is 4.77. The summed E-state index contributed by atoms with van der Waals surface area (Å²) in [5, 5.41) is 8.86. The van der Waals surface area contributed by atoms with E-state index in [-0.39, 0.29) is 6.04 Å². The number of methoxy groups -OCH3 is 1. The Hall–Kier alpha value is -2.05. The van der Waals surface area contributed by atoms with Crippen LogP contribution in [-0.2, 0) is 6.54 Å². The van der Waals surface area contributed by atoms with Crippen LogP contribution >= 0.6 is 11.3 Å². The normalized spacial score (nSPS) is 12.9. The zero-order chi connectivity index (χ0) is 18.1. The molecule has 136 valence electrons. The molecule has 5 nitrogen and oxygen atoms in total. The molecule has 0 fully saturated rings. The van der Waals surface area contributed by atoms with Gasteiger partial charge in [0.05, 0.1) is 19.7 Å². The second kappa shape index (κ2) is 10.1. The molecular formula is C19H28N4OS. The Morgan fingerprint density at radius 3 is 2.52 bits per heavy atom. The van der Waals surface area contributed by atoms with Crippen LogP contribution in [0.1, 0.15) is 23.4 Å². The van der Waals surface area contributed by atoms with Gasteiger partial charge in [-0.2, -0.15) is 0 Å². The second-order valence-electron chi connectivity index (χ2n) is 5.91. The van der Waals surface area contributed by atoms with Crippen LogP contribution in [0.3, 0.4) is 0 Å². The second-order valence-corrected chi connectivity index (χ2v) is 6.94. The lowest BCUT2D eigenvalue weighted by Crippen LogP contribution is -2.41. The van der Waals surface area contributed by atoms with Gasteiger partial charge in [0.2, 0.25) is 0 Å². The maximum Gasteiger partial charge on any atom is 0.191 e. The Morgan fingerprint density at radius 2 is 1.96 bits per heavy atom. The van der Waals surface area contributed by atoms with E-state index in [0.717, 1.165) is 24.8 Å². The van der Waals surface area contributed by atoms with E-state index in [0.29, 0.717) is 6.54 Å². The summed E-state index contributed by atoms with van der Waals surface area (Å²) in [7, 11) is 5.87. The van der Waals surface area contributed by atoms with E-state index in [2.05, 4.69) is 71.2 Å². The number of nitrogens with zero attached hydrogens (tertiary/aromatic N) is 2. The average Bonchev–Trinajstić information content (AvgIpc) is 3.13. The molecule has 0 saturated carbocycles. The zero-order valence-electron chi connectivity index (χ0n) is 15.5. The molecular weight excluding hydrogens is 332 g/mol. The lowest BCUT2D eigenvalue weighted by atomic mass is 10.1. The first-order valence-corrected chi connectivity index (χ1v) is 9.37. The molecule has 1 aromatic heterocycles. The highest BCUT2D eigenvalue weighted by atomic mass is 32.1. The van der Waals surface area contributed by atoms with Crippen molar-refractivity contribution in [1.29, 1.82) is 0 Å². The topological polar surface area (TPSA) is 48.9 Å². The number of rotatable bonds is 8. The van der Waals surface area contributed by atoms with Crippen molar-refractivity contribution in [2.75, 3.05) is 34.3 Å². The molecule has 1 atom stereocenters. The van der Waals surface area contributed by atoms with Gasteiger partial charge in [0, 0.05) is 18.0 Å². The summed E-state index contributed by atoms with van der Waals surface area (Å²) in [6.45, 7) is 4.39. The van der Waals surface area contributed by atoms with Gasteiger partial charge in [0.1, 0.15) is 5.75 Å². The standard InChI is InChI=1S/C19H28N4OS/c1-5-20-19(21-13-17-7-6-12-25-17)22-14-18(23(2)3)15-8-10-16(24-4)11-9-15/h6-12,18H,5,13-14H2,1-4H3,(H2,20,21,22). The minimum absolute atomic E-state index is 0.247. The van der Waals surface area contributed by atoms with Gasteiger partial charge in [-0.05, 0) is 50.2 Å². The van der Waals surface area contributed by atoms with Crippen LogP contribution in [0.2, 0.25) is 0 Å². The smallest absolute Gasteiger partial charge is 0.191 e. The van der Waals surface area contributed by atoms with Crippen molar-refractivity contribution in [2.24, 2.45) is 4.99 Å². The van der Waals surface area contributed by atoms with E-state index in [1.54, 1.807) is 18.4 Å². The lowest BCUT2D eigenvalue weighted by molar-refractivity contribution is 0.298. The van der Waals surface area contributed by atoms with Gasteiger partial charge in [0.25, 0.3) is 0 Å². The van der Waals surface area contributed by atoms with Crippen molar-refractivity contribution in [3.05, 3.63) is 52.2 Å². The summed E-state index contributed by atoms with van der Waals surface area (Å²) < 4.78 is 5.25. The molecule has 2 aromatic rings. The summed E-state index contributed by atoms with van der Waals surface area (Å²) in [4.78, 5) is 8.14. The summed E-state index contributed by atoms with van der Waals surface area (Å²) in [6.07, 6.45) is 0. The van der Waals surface area contributed by atoms with Gasteiger partial charge < -0.3 is 20.3 Å². The number of guanidine groups is 1. The summed E-state index contributed by atoms with van der Waals surface area (Å²) in [5.74, 6) is 1.72. The van der Waals surface area contributed by atoms with Gasteiger partial charge in [-0.1, -0.05) is 18.2 Å². The summed E-state index contributed by atoms with van der Waals surface area (Å²) >= 11 is 1.73. The van der Waals surface area contributed by atoms with Crippen molar-refractivity contribution in [2.45, 2.75) is 19.5 Å². The first-order valence-electron chi connectivity index (χ1n) is 8.49. The van der Waals surface area contributed by atoms with Crippen molar-refractivity contribution >= 4 is 17.3 Å². The Bertz CT molecular complexity index is 638. The Balaban J connectivity index is 2.02. The highest BCUT2D eigenvalue weighted by Gasteiger charge is 2.14. The van der Waals surface area contributed by atoms with Crippen LogP contribution in [0.5, 0.6) is 5.75 Å². The predicted octanol–water partition coefficient (Wildman–Crippen LogP) is 3.11. The van der Waals surface area contributed by atoms with Crippen molar-refractivity contribution in [3.8, 4) is 5.75 Å². The average molecular weight is 361 g/mol. The fraction of sp³-hybridized carbons (Fsp3) is 0.421. The van der Waals surface area contributed by atoms with Crippen LogP contribution in [-0.4, -0.2) is 45.2 Å². The quantitative estimate of drug-likeness (QED) is 0.561. The molecule has 0 spiro atoms. The maximum atomic E-state index is 5.25. The van der Waals surface area contributed by atoms with Crippen LogP contribution < -0.4 is 15.4 Å². The number of hydrogen-bond acceptors (Lipinski definition) is 4. The fourth-order valence-corrected chi connectivity index (χ4v) is 3.15. The van der Waals surface area contributed by atoms with Crippen molar-refractivity contribution in [3.63, 3.8) is 0 Å². The summed E-state index contributed by atoms with van der Waals surface area (Å²) in [6, 6.07) is 12.6. The molecule has 2 N–H and O–H groups in total. The minimum Gasteiger partial charge on any atom is -0.497 e. The first-order chi connectivity index (χ1) is 12.1. The first kappa shape index (κ1) is 19.3. The van der Waals surface area contributed by atoms with E-state index < -0.39 is 0 Å². The molecule has 0 aliphatic carbocycles. The van der Waals surface area contributed by atoms with E-state index in [1.807, 2.05) is 12.1 Å². The Kier molecular flexibility index (Phi) is 7.76. The molecule has 0 saturated heterocycles. The zero-order valence-corrected chi connectivity index (χ0v) is 16.3. The molecule has 6 heteroatoms. The number of nitrogens with one attached hydrogen (secondary N) is 2. The summed E-state index contributed by atoms with van der Waals surface area (Å²) in [5.41, 5.74) is 1.24. The van der Waals surface area contributed by atoms with Gasteiger partial charge >= 0.3 is 0 Å². The molecule has 0 bridgehead atoms. The van der Waals surface area contributed by atoms with E-state index in [1.165, 1.54) is 10.4 Å². The SMILES string of the molecule is CCNC(=NCc1cccs1)NCC(c1ccc(OC)cc1)N(C)C. The molecule has 2 rings (SSSR count). The van der Waals surface area contributed by atoms with Crippen LogP contribution in [0.15, 0.2) is 46.8 Å². The highest BCUT2D eigenvalue weighted by Crippen LogP contribution is 2.20. The molecule has 0 aliphatic heterocycles. The van der Waals surface area contributed by atoms with Gasteiger partial charge in [0.15, 0.2) is 5.96 Å². The number of benzene rings is 1. The third kappa shape index (κ3) is 6.07. The van der Waals surface area contributed by atoms with Crippen molar-refractivity contribution in [1.82, 2.24) is 15.5 Å². The molecule has 0 amide bonds. The monoisotopic (exact) mass is 360 g/mol. The number of thiophene rings is 1. The Labute approximate surface area is 154 Å². The minimum atomic E-state index is 0.247. The van der Waals surface area contributed by atoms with Gasteiger partial charge in [-0.3, -0.25) is 0 Å². The number of likely N-dealkylation sites (N-methyl/N-ethyl adjacent to an activating group) is 1. The van der Waals surface area contributed by atoms with E-state index >= 15 is 0 Å². The molecule has 1 unspecified atom stereocenters. The molecule has 1 aromatic carbocycles. The molecule has 1 heterocycles. The highest BCUT2D eigenvalue weighted by molar-refractivity contribution is 7.09. The van der Waals surface area contributed by atoms with Crippen LogP contribution in [0, 0.1) is 0 Å². The van der Waals surface area contributed by atoms with E-state index in [4.69, 9.17) is 4.74 Å². The Morgan fingerprint density at radius 1 is 1.20 bits per heavy atom. The van der Waals surface area contributed by atoms with Crippen LogP contribution in [0.25, 0.3) is 0 Å².